The van der Waals surface area contributed by atoms with Crippen molar-refractivity contribution in [2.75, 3.05) is 12.4 Å². The SMILES string of the molecule is CC(NC(=O)N[N+](=O)CCCl)O[PH](=O)[O-]. The van der Waals surface area contributed by atoms with Crippen LogP contribution in [0.3, 0.4) is 0 Å². The molecule has 0 aliphatic carbocycles. The Morgan fingerprint density at radius 1 is 1.73 bits per heavy atom. The third kappa shape index (κ3) is 8.31. The maximum absolute atomic E-state index is 10.9. The first kappa shape index (κ1) is 14.3. The van der Waals surface area contributed by atoms with E-state index in [0.717, 1.165) is 0 Å². The van der Waals surface area contributed by atoms with Gasteiger partial charge in [-0.15, -0.1) is 11.6 Å². The number of nitroso groups, excluding NO2 is 1. The van der Waals surface area contributed by atoms with E-state index in [1.165, 1.54) is 6.92 Å². The Morgan fingerprint density at radius 3 is 2.80 bits per heavy atom. The lowest BCUT2D eigenvalue weighted by atomic mass is 10.6. The average molecular weight is 260 g/mol. The molecule has 0 aliphatic heterocycles. The summed E-state index contributed by atoms with van der Waals surface area (Å²) in [4.78, 5) is 32.0. The summed E-state index contributed by atoms with van der Waals surface area (Å²) in [5.74, 6) is 0.0596. The first-order chi connectivity index (χ1) is 6.95. The van der Waals surface area contributed by atoms with Crippen molar-refractivity contribution in [3.05, 3.63) is 4.91 Å². The average Bonchev–Trinajstić information content (AvgIpc) is 2.00. The highest BCUT2D eigenvalue weighted by Gasteiger charge is 2.14. The van der Waals surface area contributed by atoms with Crippen molar-refractivity contribution in [2.45, 2.75) is 13.2 Å². The number of carbonyl (C=O) groups excluding carboxylic acids is 1. The molecular formula is C5H11ClN3O5P. The molecule has 2 unspecified atom stereocenters. The molecule has 10 heteroatoms. The van der Waals surface area contributed by atoms with Crippen molar-refractivity contribution in [3.63, 3.8) is 0 Å². The van der Waals surface area contributed by atoms with Gasteiger partial charge in [-0.25, -0.2) is 4.79 Å². The number of nitrogens with zero attached hydrogens (tertiary/aromatic N) is 1. The van der Waals surface area contributed by atoms with Gasteiger partial charge in [0.15, 0.2) is 0 Å². The molecule has 0 saturated heterocycles. The molecule has 0 aliphatic rings. The van der Waals surface area contributed by atoms with Gasteiger partial charge in [0.05, 0.1) is 10.8 Å². The molecule has 0 heterocycles. The summed E-state index contributed by atoms with van der Waals surface area (Å²) in [5.41, 5.74) is 1.86. The zero-order chi connectivity index (χ0) is 11.8. The number of hydrogen-bond acceptors (Lipinski definition) is 5. The number of nitrogens with one attached hydrogen (secondary N) is 2. The van der Waals surface area contributed by atoms with Crippen LogP contribution in [0, 0.1) is 4.91 Å². The molecule has 0 radical (unpaired) electrons. The van der Waals surface area contributed by atoms with E-state index < -0.39 is 20.5 Å². The minimum absolute atomic E-state index is 0.0596. The fourth-order valence-corrected chi connectivity index (χ4v) is 1.14. The molecule has 0 aromatic carbocycles. The molecule has 2 atom stereocenters. The number of hydrazine groups is 1. The summed E-state index contributed by atoms with van der Waals surface area (Å²) >= 11 is 5.24. The van der Waals surface area contributed by atoms with E-state index in [1.807, 2.05) is 5.43 Å². The van der Waals surface area contributed by atoms with Crippen LogP contribution in [0.4, 0.5) is 4.79 Å². The first-order valence-corrected chi connectivity index (χ1v) is 5.67. The van der Waals surface area contributed by atoms with Gasteiger partial charge in [0.1, 0.15) is 19.4 Å². The highest BCUT2D eigenvalue weighted by atomic mass is 35.5. The third-order valence-corrected chi connectivity index (χ3v) is 1.84. The van der Waals surface area contributed by atoms with Gasteiger partial charge in [0.25, 0.3) is 0 Å². The van der Waals surface area contributed by atoms with Gasteiger partial charge in [-0.2, -0.15) is 0 Å². The lowest BCUT2D eigenvalue weighted by Gasteiger charge is -2.14. The standard InChI is InChI=1S/C5H11ClN3O5P/c1-4(14-15(12)13)7-5(10)8-9(11)3-2-6/h4,15H,2-3H2,1H3,(H2-,7,8,10,11,12,13). The topological polar surface area (TPSA) is 111 Å². The number of urea groups is 1. The molecule has 0 aromatic heterocycles. The second-order valence-corrected chi connectivity index (χ2v) is 3.50. The van der Waals surface area contributed by atoms with Crippen molar-refractivity contribution in [1.29, 1.82) is 0 Å². The lowest BCUT2D eigenvalue weighted by Crippen LogP contribution is -2.45. The molecule has 0 rings (SSSR count). The van der Waals surface area contributed by atoms with Crippen molar-refractivity contribution < 1.29 is 23.6 Å². The molecule has 2 amide bonds. The molecular weight excluding hydrogens is 248 g/mol. The number of rotatable bonds is 6. The summed E-state index contributed by atoms with van der Waals surface area (Å²) < 4.78 is 14.3. The monoisotopic (exact) mass is 259 g/mol. The fourth-order valence-electron chi connectivity index (χ4n) is 0.637. The smallest absolute Gasteiger partial charge is 0.373 e. The molecule has 8 nitrogen and oxygen atoms in total. The van der Waals surface area contributed by atoms with Crippen molar-refractivity contribution in [3.8, 4) is 0 Å². The van der Waals surface area contributed by atoms with Gasteiger partial charge in [-0.05, 0) is 6.92 Å². The fraction of sp³-hybridized carbons (Fsp3) is 0.800. The molecule has 2 N–H and O–H groups in total. The number of alkyl halides is 1. The minimum atomic E-state index is -3.37. The van der Waals surface area contributed by atoms with Gasteiger partial charge in [-0.3, -0.25) is 0 Å². The minimum Gasteiger partial charge on any atom is -0.781 e. The number of amides is 2. The van der Waals surface area contributed by atoms with Crippen molar-refractivity contribution >= 4 is 25.9 Å². The number of halogens is 1. The lowest BCUT2D eigenvalue weighted by molar-refractivity contribution is -0.588. The molecule has 88 valence electrons. The summed E-state index contributed by atoms with van der Waals surface area (Å²) in [6.45, 7) is 1.22. The third-order valence-electron chi connectivity index (χ3n) is 1.12. The number of hydrogen-bond donors (Lipinski definition) is 2. The zero-order valence-corrected chi connectivity index (χ0v) is 9.61. The summed E-state index contributed by atoms with van der Waals surface area (Å²) in [6, 6.07) is -0.870. The largest absolute Gasteiger partial charge is 0.781 e. The Kier molecular flexibility index (Phi) is 7.23. The number of carbonyl (C=O) groups is 1. The maximum atomic E-state index is 10.9. The van der Waals surface area contributed by atoms with Crippen LogP contribution in [0.1, 0.15) is 6.92 Å². The quantitative estimate of drug-likeness (QED) is 0.216. The van der Waals surface area contributed by atoms with Crippen LogP contribution in [-0.4, -0.2) is 29.6 Å². The van der Waals surface area contributed by atoms with E-state index >= 15 is 0 Å². The molecule has 0 saturated carbocycles. The highest BCUT2D eigenvalue weighted by molar-refractivity contribution is 7.30. The second kappa shape index (κ2) is 7.58. The molecule has 0 bridgehead atoms. The Labute approximate surface area is 91.4 Å². The molecule has 0 fully saturated rings. The van der Waals surface area contributed by atoms with E-state index in [1.54, 1.807) is 0 Å². The Balaban J connectivity index is 3.82. The van der Waals surface area contributed by atoms with Crippen LogP contribution >= 0.6 is 19.9 Å². The van der Waals surface area contributed by atoms with E-state index in [2.05, 4.69) is 9.84 Å². The Bertz CT molecular complexity index is 263. The molecule has 0 aromatic rings. The summed E-state index contributed by atoms with van der Waals surface area (Å²) in [6.07, 6.45) is -1.03. The maximum Gasteiger partial charge on any atom is 0.373 e. The highest BCUT2D eigenvalue weighted by Crippen LogP contribution is 2.10. The van der Waals surface area contributed by atoms with Crippen LogP contribution in [0.25, 0.3) is 0 Å². The van der Waals surface area contributed by atoms with Gasteiger partial charge >= 0.3 is 6.03 Å². The normalized spacial score (nSPS) is 14.1. The Hall–Kier alpha value is -0.690. The van der Waals surface area contributed by atoms with E-state index in [9.17, 15) is 19.2 Å². The van der Waals surface area contributed by atoms with Crippen LogP contribution in [0.2, 0.25) is 0 Å². The van der Waals surface area contributed by atoms with Crippen LogP contribution in [0.5, 0.6) is 0 Å². The zero-order valence-electron chi connectivity index (χ0n) is 7.86. The first-order valence-electron chi connectivity index (χ1n) is 3.91. The van der Waals surface area contributed by atoms with Crippen molar-refractivity contribution in [1.82, 2.24) is 10.7 Å². The Morgan fingerprint density at radius 2 is 2.33 bits per heavy atom. The van der Waals surface area contributed by atoms with Crippen molar-refractivity contribution in [2.24, 2.45) is 0 Å². The summed E-state index contributed by atoms with van der Waals surface area (Å²) in [7, 11) is -3.37. The molecule has 0 spiro atoms. The van der Waals surface area contributed by atoms with Gasteiger partial charge < -0.3 is 19.3 Å². The van der Waals surface area contributed by atoms with Gasteiger partial charge in [0, 0.05) is 0 Å². The summed E-state index contributed by atoms with van der Waals surface area (Å²) in [5, 5.41) is 2.07. The van der Waals surface area contributed by atoms with Crippen LogP contribution in [0.15, 0.2) is 0 Å². The molecule has 15 heavy (non-hydrogen) atoms. The van der Waals surface area contributed by atoms with E-state index in [4.69, 9.17) is 11.6 Å². The predicted molar refractivity (Wildman–Crippen MR) is 50.4 cm³/mol. The van der Waals surface area contributed by atoms with Gasteiger partial charge in [0.2, 0.25) is 6.54 Å². The van der Waals surface area contributed by atoms with Crippen LogP contribution in [-0.2, 0) is 9.09 Å². The van der Waals surface area contributed by atoms with Crippen LogP contribution < -0.4 is 15.6 Å². The predicted octanol–water partition coefficient (Wildman–Crippen LogP) is -0.669. The van der Waals surface area contributed by atoms with E-state index in [0.29, 0.717) is 0 Å². The van der Waals surface area contributed by atoms with Gasteiger partial charge in [-0.1, -0.05) is 5.43 Å². The van der Waals surface area contributed by atoms with E-state index in [-0.39, 0.29) is 17.3 Å². The second-order valence-electron chi connectivity index (χ2n) is 2.39.